The molecule has 35 heavy (non-hydrogen) atoms. The Kier molecular flexibility index (Phi) is 11.3. The molecule has 0 heterocycles. The van der Waals surface area contributed by atoms with Crippen LogP contribution in [0.1, 0.15) is 38.7 Å². The monoisotopic (exact) mass is 485 g/mol. The summed E-state index contributed by atoms with van der Waals surface area (Å²) in [5, 5.41) is 11.7. The Labute approximate surface area is 204 Å². The minimum Gasteiger partial charge on any atom is -0.481 e. The Morgan fingerprint density at radius 2 is 1.54 bits per heavy atom. The van der Waals surface area contributed by atoms with Crippen molar-refractivity contribution in [1.29, 1.82) is 0 Å². The lowest BCUT2D eigenvalue weighted by Crippen LogP contribution is -2.39. The third-order valence-electron chi connectivity index (χ3n) is 5.15. The quantitative estimate of drug-likeness (QED) is 0.322. The molecule has 0 aliphatic carbocycles. The second kappa shape index (κ2) is 14.4. The highest BCUT2D eigenvalue weighted by Crippen LogP contribution is 2.21. The number of aliphatic carboxylic acids is 1. The van der Waals surface area contributed by atoms with E-state index in [0.717, 1.165) is 16.7 Å². The Hall–Kier alpha value is -3.88. The molecule has 2 aromatic rings. The van der Waals surface area contributed by atoms with Crippen molar-refractivity contribution >= 4 is 24.0 Å². The zero-order chi connectivity index (χ0) is 25.6. The number of hydrogen-bond donors (Lipinski definition) is 2. The normalized spacial score (nSPS) is 12.2. The molecule has 2 aromatic carbocycles. The van der Waals surface area contributed by atoms with Gasteiger partial charge < -0.3 is 24.6 Å². The number of benzene rings is 2. The van der Waals surface area contributed by atoms with Crippen LogP contribution in [0.25, 0.3) is 11.1 Å². The van der Waals surface area contributed by atoms with Crippen LogP contribution in [0.5, 0.6) is 0 Å². The third kappa shape index (κ3) is 10.3. The van der Waals surface area contributed by atoms with Crippen molar-refractivity contribution in [2.75, 3.05) is 13.4 Å². The number of ether oxygens (including phenoxy) is 3. The van der Waals surface area contributed by atoms with E-state index in [2.05, 4.69) is 14.8 Å². The van der Waals surface area contributed by atoms with Gasteiger partial charge in [-0.2, -0.15) is 0 Å². The van der Waals surface area contributed by atoms with Crippen LogP contribution in [-0.4, -0.2) is 48.5 Å². The maximum atomic E-state index is 12.3. The second-order valence-corrected chi connectivity index (χ2v) is 7.97. The smallest absolute Gasteiger partial charge is 0.481 e. The maximum Gasteiger partial charge on any atom is 0.511 e. The van der Waals surface area contributed by atoms with Gasteiger partial charge in [0.1, 0.15) is 0 Å². The Morgan fingerprint density at radius 1 is 0.886 bits per heavy atom. The highest BCUT2D eigenvalue weighted by atomic mass is 16.8. The van der Waals surface area contributed by atoms with E-state index in [1.54, 1.807) is 13.8 Å². The zero-order valence-electron chi connectivity index (χ0n) is 19.9. The van der Waals surface area contributed by atoms with Crippen LogP contribution in [0, 0.1) is 5.92 Å². The van der Waals surface area contributed by atoms with Crippen LogP contribution in [0.4, 0.5) is 4.79 Å². The summed E-state index contributed by atoms with van der Waals surface area (Å²) in [6, 6.07) is 17.3. The van der Waals surface area contributed by atoms with Crippen LogP contribution in [-0.2, 0) is 35.0 Å². The average molecular weight is 486 g/mol. The van der Waals surface area contributed by atoms with Gasteiger partial charge in [-0.1, -0.05) is 61.5 Å². The fourth-order valence-electron chi connectivity index (χ4n) is 3.42. The van der Waals surface area contributed by atoms with E-state index in [0.29, 0.717) is 6.42 Å². The van der Waals surface area contributed by atoms with Gasteiger partial charge in [0.05, 0.1) is 18.9 Å². The van der Waals surface area contributed by atoms with Gasteiger partial charge in [-0.15, -0.1) is 0 Å². The molecule has 0 aromatic heterocycles. The number of nitrogens with one attached hydrogen (secondary N) is 1. The van der Waals surface area contributed by atoms with Gasteiger partial charge in [-0.3, -0.25) is 14.4 Å². The molecule has 9 heteroatoms. The van der Waals surface area contributed by atoms with E-state index < -0.39 is 42.8 Å². The van der Waals surface area contributed by atoms with Crippen molar-refractivity contribution in [2.24, 2.45) is 5.92 Å². The molecule has 0 bridgehead atoms. The van der Waals surface area contributed by atoms with E-state index in [1.807, 2.05) is 54.6 Å². The summed E-state index contributed by atoms with van der Waals surface area (Å²) >= 11 is 0. The van der Waals surface area contributed by atoms with Gasteiger partial charge in [0.15, 0.2) is 0 Å². The van der Waals surface area contributed by atoms with Crippen LogP contribution >= 0.6 is 0 Å². The number of amides is 1. The molecule has 0 aliphatic heterocycles. The maximum absolute atomic E-state index is 12.3. The number of carbonyl (C=O) groups excluding carboxylic acids is 3. The molecule has 0 saturated carbocycles. The Bertz CT molecular complexity index is 975. The molecule has 0 aliphatic rings. The average Bonchev–Trinajstić information content (AvgIpc) is 2.83. The minimum atomic E-state index is -1.06. The van der Waals surface area contributed by atoms with Gasteiger partial charge in [0.25, 0.3) is 0 Å². The molecule has 2 N–H and O–H groups in total. The predicted molar refractivity (Wildman–Crippen MR) is 127 cm³/mol. The van der Waals surface area contributed by atoms with E-state index in [4.69, 9.17) is 9.84 Å². The molecule has 0 fully saturated rings. The Balaban J connectivity index is 2.01. The van der Waals surface area contributed by atoms with Crippen molar-refractivity contribution in [3.05, 3.63) is 60.2 Å². The van der Waals surface area contributed by atoms with Crippen molar-refractivity contribution in [3.63, 3.8) is 0 Å². The van der Waals surface area contributed by atoms with Crippen LogP contribution < -0.4 is 5.32 Å². The molecular formula is C26H31NO8. The summed E-state index contributed by atoms with van der Waals surface area (Å²) < 4.78 is 14.2. The predicted octanol–water partition coefficient (Wildman–Crippen LogP) is 3.95. The van der Waals surface area contributed by atoms with E-state index in [9.17, 15) is 19.2 Å². The first-order valence-electron chi connectivity index (χ1n) is 11.4. The van der Waals surface area contributed by atoms with Gasteiger partial charge in [0, 0.05) is 12.5 Å². The number of carbonyl (C=O) groups is 4. The molecule has 1 amide bonds. The highest BCUT2D eigenvalue weighted by Gasteiger charge is 2.23. The molecule has 0 radical (unpaired) electrons. The van der Waals surface area contributed by atoms with Crippen LogP contribution in [0.2, 0.25) is 0 Å². The number of carboxylic acids is 1. The van der Waals surface area contributed by atoms with Crippen molar-refractivity contribution in [2.45, 2.75) is 45.6 Å². The summed E-state index contributed by atoms with van der Waals surface area (Å²) in [6.07, 6.45) is -0.698. The van der Waals surface area contributed by atoms with E-state index in [-0.39, 0.29) is 25.9 Å². The van der Waals surface area contributed by atoms with Gasteiger partial charge in [-0.05, 0) is 36.5 Å². The third-order valence-corrected chi connectivity index (χ3v) is 5.15. The molecule has 2 rings (SSSR count). The molecule has 188 valence electrons. The van der Waals surface area contributed by atoms with Crippen molar-refractivity contribution in [3.8, 4) is 11.1 Å². The van der Waals surface area contributed by atoms with Gasteiger partial charge >= 0.3 is 18.1 Å². The van der Waals surface area contributed by atoms with Crippen molar-refractivity contribution in [1.82, 2.24) is 5.32 Å². The molecule has 2 atom stereocenters. The lowest BCUT2D eigenvalue weighted by atomic mass is 9.94. The SMILES string of the molecule is CCOC(=O)OCOC(=O)[C@H](C)C[C@@H](Cc1ccc(-c2ccccc2)cc1)NC(=O)CCC(=O)O. The number of esters is 1. The lowest BCUT2D eigenvalue weighted by Gasteiger charge is -2.22. The lowest BCUT2D eigenvalue weighted by molar-refractivity contribution is -0.158. The molecule has 0 unspecified atom stereocenters. The second-order valence-electron chi connectivity index (χ2n) is 7.97. The summed E-state index contributed by atoms with van der Waals surface area (Å²) in [5.74, 6) is -2.69. The first kappa shape index (κ1) is 27.4. The van der Waals surface area contributed by atoms with Crippen molar-refractivity contribution < 1.29 is 38.5 Å². The molecule has 0 spiro atoms. The zero-order valence-corrected chi connectivity index (χ0v) is 19.9. The standard InChI is InChI=1S/C26H31NO8/c1-3-33-26(32)35-17-34-25(31)18(2)15-22(27-23(28)13-14-24(29)30)16-19-9-11-21(12-10-19)20-7-5-4-6-8-20/h4-12,18,22H,3,13-17H2,1-2H3,(H,27,28)(H,29,30)/t18-,22+/m1/s1. The van der Waals surface area contributed by atoms with E-state index in [1.165, 1.54) is 0 Å². The van der Waals surface area contributed by atoms with E-state index >= 15 is 0 Å². The molecule has 0 saturated heterocycles. The van der Waals surface area contributed by atoms with Gasteiger partial charge in [-0.25, -0.2) is 4.79 Å². The number of carboxylic acid groups (broad SMARTS) is 1. The summed E-state index contributed by atoms with van der Waals surface area (Å²) in [5.41, 5.74) is 3.08. The Morgan fingerprint density at radius 3 is 2.17 bits per heavy atom. The molecular weight excluding hydrogens is 454 g/mol. The fraction of sp³-hybridized carbons (Fsp3) is 0.385. The van der Waals surface area contributed by atoms with Gasteiger partial charge in [0.2, 0.25) is 12.7 Å². The minimum absolute atomic E-state index is 0.138. The first-order valence-corrected chi connectivity index (χ1v) is 11.4. The summed E-state index contributed by atoms with van der Waals surface area (Å²) in [4.78, 5) is 46.6. The molecule has 9 nitrogen and oxygen atoms in total. The van der Waals surface area contributed by atoms with Crippen LogP contribution in [0.15, 0.2) is 54.6 Å². The number of hydrogen-bond acceptors (Lipinski definition) is 7. The fourth-order valence-corrected chi connectivity index (χ4v) is 3.42. The topological polar surface area (TPSA) is 128 Å². The van der Waals surface area contributed by atoms with Crippen LogP contribution in [0.3, 0.4) is 0 Å². The largest absolute Gasteiger partial charge is 0.511 e. The first-order chi connectivity index (χ1) is 16.8. The number of rotatable bonds is 13. The summed E-state index contributed by atoms with van der Waals surface area (Å²) in [6.45, 7) is 2.83. The summed E-state index contributed by atoms with van der Waals surface area (Å²) in [7, 11) is 0. The highest BCUT2D eigenvalue weighted by molar-refractivity contribution is 5.81.